The van der Waals surface area contributed by atoms with Crippen molar-refractivity contribution >= 4 is 5.97 Å². The molecule has 2 aromatic rings. The van der Waals surface area contributed by atoms with Gasteiger partial charge in [0, 0.05) is 6.54 Å². The lowest BCUT2D eigenvalue weighted by Crippen LogP contribution is -2.06. The van der Waals surface area contributed by atoms with Gasteiger partial charge in [-0.1, -0.05) is 30.3 Å². The van der Waals surface area contributed by atoms with Gasteiger partial charge in [-0.2, -0.15) is 0 Å². The number of esters is 1. The summed E-state index contributed by atoms with van der Waals surface area (Å²) in [6.45, 7) is 0.426. The number of benzene rings is 1. The number of rotatable bonds is 4. The third-order valence-corrected chi connectivity index (χ3v) is 2.15. The Morgan fingerprint density at radius 1 is 1.35 bits per heavy atom. The molecule has 1 aromatic heterocycles. The Bertz CT molecular complexity index is 493. The third kappa shape index (κ3) is 2.92. The Labute approximate surface area is 98.2 Å². The monoisotopic (exact) mass is 232 g/mol. The summed E-state index contributed by atoms with van der Waals surface area (Å²) in [6.07, 6.45) is 1.35. The number of ether oxygens (including phenoxy) is 1. The first-order valence-corrected chi connectivity index (χ1v) is 5.15. The summed E-state index contributed by atoms with van der Waals surface area (Å²) in [4.78, 5) is 15.4. The summed E-state index contributed by atoms with van der Waals surface area (Å²) >= 11 is 0. The molecule has 0 aliphatic heterocycles. The molecule has 1 heterocycles. The van der Waals surface area contributed by atoms with Gasteiger partial charge in [0.1, 0.15) is 12.9 Å². The molecule has 2 rings (SSSR count). The average Bonchev–Trinajstić information content (AvgIpc) is 2.86. The summed E-state index contributed by atoms with van der Waals surface area (Å²) in [5, 5.41) is 0. The zero-order valence-electron chi connectivity index (χ0n) is 9.13. The number of oxazole rings is 1. The number of nitrogens with two attached hydrogens (primary N) is 1. The fourth-order valence-electron chi connectivity index (χ4n) is 1.28. The average molecular weight is 232 g/mol. The van der Waals surface area contributed by atoms with E-state index in [0.29, 0.717) is 5.69 Å². The highest BCUT2D eigenvalue weighted by atomic mass is 16.5. The zero-order valence-corrected chi connectivity index (χ0v) is 9.13. The molecule has 0 aliphatic rings. The maximum atomic E-state index is 11.5. The second kappa shape index (κ2) is 5.27. The quantitative estimate of drug-likeness (QED) is 0.808. The summed E-state index contributed by atoms with van der Waals surface area (Å²) in [7, 11) is 0. The molecule has 5 heteroatoms. The van der Waals surface area contributed by atoms with Gasteiger partial charge in [-0.25, -0.2) is 9.78 Å². The highest BCUT2D eigenvalue weighted by Crippen LogP contribution is 2.06. The van der Waals surface area contributed by atoms with Crippen LogP contribution in [0.2, 0.25) is 0 Å². The van der Waals surface area contributed by atoms with Gasteiger partial charge in [0.25, 0.3) is 0 Å². The molecule has 1 aromatic carbocycles. The Morgan fingerprint density at radius 3 is 2.76 bits per heavy atom. The number of hydrogen-bond acceptors (Lipinski definition) is 5. The second-order valence-electron chi connectivity index (χ2n) is 3.41. The number of aromatic nitrogens is 1. The van der Waals surface area contributed by atoms with Crippen LogP contribution in [0.5, 0.6) is 0 Å². The maximum absolute atomic E-state index is 11.5. The Morgan fingerprint density at radius 2 is 2.12 bits per heavy atom. The van der Waals surface area contributed by atoms with Crippen LogP contribution in [0, 0.1) is 0 Å². The lowest BCUT2D eigenvalue weighted by atomic mass is 10.2. The Hall–Kier alpha value is -2.14. The van der Waals surface area contributed by atoms with E-state index in [2.05, 4.69) is 4.98 Å². The van der Waals surface area contributed by atoms with E-state index in [-0.39, 0.29) is 19.0 Å². The standard InChI is InChI=1S/C12H12N2O3/c13-6-10-8-16-11(14-10)12(15)17-7-9-4-2-1-3-5-9/h1-5,8H,6-7,13H2. The first kappa shape index (κ1) is 11.3. The van der Waals surface area contributed by atoms with Crippen molar-refractivity contribution in [3.63, 3.8) is 0 Å². The smallest absolute Gasteiger partial charge is 0.394 e. The van der Waals surface area contributed by atoms with Gasteiger partial charge in [0.2, 0.25) is 0 Å². The molecule has 0 atom stereocenters. The van der Waals surface area contributed by atoms with Crippen LogP contribution in [0.25, 0.3) is 0 Å². The molecule has 0 spiro atoms. The van der Waals surface area contributed by atoms with Crippen LogP contribution < -0.4 is 5.73 Å². The van der Waals surface area contributed by atoms with E-state index < -0.39 is 5.97 Å². The molecule has 5 nitrogen and oxygen atoms in total. The second-order valence-corrected chi connectivity index (χ2v) is 3.41. The van der Waals surface area contributed by atoms with E-state index in [0.717, 1.165) is 5.56 Å². The van der Waals surface area contributed by atoms with Gasteiger partial charge >= 0.3 is 11.9 Å². The van der Waals surface area contributed by atoms with Crippen molar-refractivity contribution in [2.24, 2.45) is 5.73 Å². The number of carbonyl (C=O) groups excluding carboxylic acids is 1. The van der Waals surface area contributed by atoms with Crippen LogP contribution >= 0.6 is 0 Å². The first-order valence-electron chi connectivity index (χ1n) is 5.15. The largest absolute Gasteiger partial charge is 0.454 e. The topological polar surface area (TPSA) is 78.3 Å². The van der Waals surface area contributed by atoms with Crippen LogP contribution in [-0.2, 0) is 17.9 Å². The molecule has 0 amide bonds. The van der Waals surface area contributed by atoms with Crippen molar-refractivity contribution in [1.29, 1.82) is 0 Å². The summed E-state index contributed by atoms with van der Waals surface area (Å²) in [6, 6.07) is 9.39. The Balaban J connectivity index is 1.93. The van der Waals surface area contributed by atoms with E-state index in [9.17, 15) is 4.79 Å². The van der Waals surface area contributed by atoms with Crippen molar-refractivity contribution in [2.45, 2.75) is 13.2 Å². The third-order valence-electron chi connectivity index (χ3n) is 2.15. The summed E-state index contributed by atoms with van der Waals surface area (Å²) < 4.78 is 9.98. The SMILES string of the molecule is NCc1coc(C(=O)OCc2ccccc2)n1. The highest BCUT2D eigenvalue weighted by Gasteiger charge is 2.14. The summed E-state index contributed by atoms with van der Waals surface area (Å²) in [5.41, 5.74) is 6.79. The predicted octanol–water partition coefficient (Wildman–Crippen LogP) is 1.49. The van der Waals surface area contributed by atoms with Gasteiger partial charge in [-0.05, 0) is 5.56 Å². The van der Waals surface area contributed by atoms with E-state index in [1.165, 1.54) is 6.26 Å². The van der Waals surface area contributed by atoms with E-state index in [4.69, 9.17) is 14.9 Å². The van der Waals surface area contributed by atoms with Gasteiger partial charge in [-0.3, -0.25) is 0 Å². The number of nitrogens with zero attached hydrogens (tertiary/aromatic N) is 1. The minimum atomic E-state index is -0.589. The molecule has 17 heavy (non-hydrogen) atoms. The minimum absolute atomic E-state index is 0.0682. The van der Waals surface area contributed by atoms with Crippen LogP contribution in [0.1, 0.15) is 21.9 Å². The van der Waals surface area contributed by atoms with Crippen molar-refractivity contribution < 1.29 is 13.9 Å². The van der Waals surface area contributed by atoms with E-state index in [1.54, 1.807) is 0 Å². The van der Waals surface area contributed by atoms with Crippen LogP contribution in [-0.4, -0.2) is 11.0 Å². The fraction of sp³-hybridized carbons (Fsp3) is 0.167. The predicted molar refractivity (Wildman–Crippen MR) is 60.0 cm³/mol. The molecule has 0 saturated carbocycles. The normalized spacial score (nSPS) is 10.2. The van der Waals surface area contributed by atoms with E-state index >= 15 is 0 Å². The maximum Gasteiger partial charge on any atom is 0.394 e. The van der Waals surface area contributed by atoms with Gasteiger partial charge in [0.15, 0.2) is 0 Å². The highest BCUT2D eigenvalue weighted by molar-refractivity contribution is 5.84. The molecule has 2 N–H and O–H groups in total. The van der Waals surface area contributed by atoms with Crippen LogP contribution in [0.3, 0.4) is 0 Å². The molecular formula is C12H12N2O3. The molecule has 0 fully saturated rings. The molecular weight excluding hydrogens is 220 g/mol. The lowest BCUT2D eigenvalue weighted by molar-refractivity contribution is 0.0426. The minimum Gasteiger partial charge on any atom is -0.454 e. The first-order chi connectivity index (χ1) is 8.29. The van der Waals surface area contributed by atoms with Crippen LogP contribution in [0.4, 0.5) is 0 Å². The Kier molecular flexibility index (Phi) is 3.52. The molecule has 0 radical (unpaired) electrons. The van der Waals surface area contributed by atoms with Gasteiger partial charge in [0.05, 0.1) is 5.69 Å². The molecule has 88 valence electrons. The molecule has 0 bridgehead atoms. The van der Waals surface area contributed by atoms with Crippen molar-refractivity contribution in [1.82, 2.24) is 4.98 Å². The van der Waals surface area contributed by atoms with Crippen LogP contribution in [0.15, 0.2) is 41.0 Å². The van der Waals surface area contributed by atoms with E-state index in [1.807, 2.05) is 30.3 Å². The summed E-state index contributed by atoms with van der Waals surface area (Å²) in [5.74, 6) is -0.657. The number of carbonyl (C=O) groups is 1. The van der Waals surface area contributed by atoms with Crippen molar-refractivity contribution in [2.75, 3.05) is 0 Å². The van der Waals surface area contributed by atoms with Gasteiger partial charge < -0.3 is 14.9 Å². The lowest BCUT2D eigenvalue weighted by Gasteiger charge is -2.01. The van der Waals surface area contributed by atoms with Crippen molar-refractivity contribution in [3.8, 4) is 0 Å². The van der Waals surface area contributed by atoms with Gasteiger partial charge in [-0.15, -0.1) is 0 Å². The molecule has 0 unspecified atom stereocenters. The molecule has 0 aliphatic carbocycles. The number of hydrogen-bond donors (Lipinski definition) is 1. The molecule has 0 saturated heterocycles. The van der Waals surface area contributed by atoms with Crippen molar-refractivity contribution in [3.05, 3.63) is 53.7 Å². The zero-order chi connectivity index (χ0) is 12.1. The fourth-order valence-corrected chi connectivity index (χ4v) is 1.28.